The van der Waals surface area contributed by atoms with E-state index in [4.69, 9.17) is 11.6 Å². The monoisotopic (exact) mass is 490 g/mol. The Morgan fingerprint density at radius 1 is 1.11 bits per heavy atom. The molecule has 0 aliphatic rings. The van der Waals surface area contributed by atoms with Gasteiger partial charge in [0.05, 0.1) is 10.6 Å². The first-order valence-electron chi connectivity index (χ1n) is 8.18. The van der Waals surface area contributed by atoms with Crippen LogP contribution in [0.2, 0.25) is 5.02 Å². The van der Waals surface area contributed by atoms with Crippen molar-refractivity contribution in [3.63, 3.8) is 0 Å². The van der Waals surface area contributed by atoms with Crippen molar-refractivity contribution in [3.05, 3.63) is 63.2 Å². The van der Waals surface area contributed by atoms with E-state index < -0.39 is 9.84 Å². The van der Waals surface area contributed by atoms with E-state index in [1.807, 2.05) is 32.3 Å². The van der Waals surface area contributed by atoms with Gasteiger partial charge in [0.25, 0.3) is 0 Å². The Balaban J connectivity index is 0.00000261. The molecule has 0 bridgehead atoms. The van der Waals surface area contributed by atoms with Gasteiger partial charge in [-0.05, 0) is 68.5 Å². The maximum absolute atomic E-state index is 12.9. The fraction of sp³-hybridized carbons (Fsp3) is 0.263. The molecular weight excluding hydrogens is 471 g/mol. The van der Waals surface area contributed by atoms with Crippen LogP contribution in [0, 0.1) is 0 Å². The van der Waals surface area contributed by atoms with Gasteiger partial charge in [0, 0.05) is 32.6 Å². The van der Waals surface area contributed by atoms with Crippen molar-refractivity contribution < 1.29 is 8.42 Å². The number of sulfone groups is 1. The summed E-state index contributed by atoms with van der Waals surface area (Å²) in [5.41, 5.74) is 2.74. The number of likely N-dealkylation sites (N-methyl/N-ethyl adjacent to an activating group) is 1. The zero-order chi connectivity index (χ0) is 18.9. The molecule has 146 valence electrons. The molecule has 8 heteroatoms. The maximum Gasteiger partial charge on any atom is 0.183 e. The Kier molecular flexibility index (Phi) is 7.39. The van der Waals surface area contributed by atoms with Crippen LogP contribution in [0.3, 0.4) is 0 Å². The number of rotatable bonds is 6. The smallest absolute Gasteiger partial charge is 0.183 e. The Bertz CT molecular complexity index is 1030. The van der Waals surface area contributed by atoms with E-state index in [1.54, 1.807) is 24.3 Å². The van der Waals surface area contributed by atoms with E-state index in [0.29, 0.717) is 5.02 Å². The summed E-state index contributed by atoms with van der Waals surface area (Å²) in [6, 6.07) is 12.3. The number of hydrogen-bond acceptors (Lipinski definition) is 3. The first kappa shape index (κ1) is 22.2. The maximum atomic E-state index is 12.9. The summed E-state index contributed by atoms with van der Waals surface area (Å²) < 4.78 is 26.7. The van der Waals surface area contributed by atoms with Crippen LogP contribution in [0.15, 0.2) is 51.8 Å². The number of aromatic amines is 1. The highest BCUT2D eigenvalue weighted by atomic mass is 79.9. The van der Waals surface area contributed by atoms with Crippen LogP contribution in [0.25, 0.3) is 10.9 Å². The fourth-order valence-corrected chi connectivity index (χ4v) is 4.77. The topological polar surface area (TPSA) is 53.2 Å². The largest absolute Gasteiger partial charge is 0.357 e. The summed E-state index contributed by atoms with van der Waals surface area (Å²) in [5.74, 6) is -0.0658. The molecule has 1 heterocycles. The molecule has 0 aliphatic carbocycles. The van der Waals surface area contributed by atoms with Gasteiger partial charge in [-0.2, -0.15) is 0 Å². The third-order valence-electron chi connectivity index (χ3n) is 4.27. The Morgan fingerprint density at radius 2 is 1.78 bits per heavy atom. The van der Waals surface area contributed by atoms with E-state index in [1.165, 1.54) is 0 Å². The average Bonchev–Trinajstić information content (AvgIpc) is 2.89. The van der Waals surface area contributed by atoms with Gasteiger partial charge in [-0.3, -0.25) is 0 Å². The van der Waals surface area contributed by atoms with Gasteiger partial charge in [-0.25, -0.2) is 8.42 Å². The van der Waals surface area contributed by atoms with Crippen LogP contribution in [0.5, 0.6) is 0 Å². The predicted octanol–water partition coefficient (Wildman–Crippen LogP) is 5.08. The number of nitrogens with one attached hydrogen (secondary N) is 1. The number of benzene rings is 2. The number of fused-ring (bicyclic) bond motifs is 1. The van der Waals surface area contributed by atoms with Crippen molar-refractivity contribution in [1.29, 1.82) is 0 Å². The summed E-state index contributed by atoms with van der Waals surface area (Å²) >= 11 is 9.38. The van der Waals surface area contributed by atoms with Crippen molar-refractivity contribution in [3.8, 4) is 0 Å². The van der Waals surface area contributed by atoms with Crippen LogP contribution in [-0.4, -0.2) is 38.9 Å². The normalized spacial score (nSPS) is 11.7. The lowest BCUT2D eigenvalue weighted by molar-refractivity contribution is 0.414. The minimum absolute atomic E-state index is 0. The van der Waals surface area contributed by atoms with Crippen molar-refractivity contribution >= 4 is 60.7 Å². The van der Waals surface area contributed by atoms with E-state index in [9.17, 15) is 8.42 Å². The van der Waals surface area contributed by atoms with Crippen molar-refractivity contribution in [2.24, 2.45) is 0 Å². The van der Waals surface area contributed by atoms with Crippen LogP contribution >= 0.6 is 39.9 Å². The van der Waals surface area contributed by atoms with Gasteiger partial charge in [0.2, 0.25) is 0 Å². The zero-order valence-electron chi connectivity index (χ0n) is 15.0. The summed E-state index contributed by atoms with van der Waals surface area (Å²) in [4.78, 5) is 5.68. The standard InChI is InChI=1S/C19H20BrClN2O2S.ClH/c1-23(2)10-9-16-17-11-13(20)3-8-18(17)22-19(16)12-26(24,25)15-6-4-14(21)5-7-15;/h3-8,11,22H,9-10,12H2,1-2H3;1H. The number of H-pyrrole nitrogens is 1. The van der Waals surface area contributed by atoms with Crippen LogP contribution in [0.1, 0.15) is 11.3 Å². The van der Waals surface area contributed by atoms with E-state index >= 15 is 0 Å². The van der Waals surface area contributed by atoms with Crippen LogP contribution < -0.4 is 0 Å². The molecule has 3 aromatic rings. The predicted molar refractivity (Wildman–Crippen MR) is 118 cm³/mol. The average molecular weight is 492 g/mol. The second-order valence-electron chi connectivity index (χ2n) is 6.54. The Morgan fingerprint density at radius 3 is 2.41 bits per heavy atom. The molecule has 0 amide bonds. The summed E-state index contributed by atoms with van der Waals surface area (Å²) in [5, 5.41) is 1.58. The summed E-state index contributed by atoms with van der Waals surface area (Å²) in [7, 11) is 0.553. The highest BCUT2D eigenvalue weighted by molar-refractivity contribution is 9.10. The molecule has 2 aromatic carbocycles. The lowest BCUT2D eigenvalue weighted by atomic mass is 10.1. The summed E-state index contributed by atoms with van der Waals surface area (Å²) in [6.45, 7) is 0.841. The minimum atomic E-state index is -3.46. The molecule has 3 rings (SSSR count). The quantitative estimate of drug-likeness (QED) is 0.522. The third kappa shape index (κ3) is 5.27. The molecule has 0 radical (unpaired) electrons. The molecule has 4 nitrogen and oxygen atoms in total. The van der Waals surface area contributed by atoms with Gasteiger partial charge < -0.3 is 9.88 Å². The molecular formula is C19H21BrCl2N2O2S. The minimum Gasteiger partial charge on any atom is -0.357 e. The van der Waals surface area contributed by atoms with E-state index in [2.05, 4.69) is 25.8 Å². The SMILES string of the molecule is CN(C)CCc1c(CS(=O)(=O)c2ccc(Cl)cc2)[nH]c2ccc(Br)cc12.Cl. The Hall–Kier alpha value is -1.05. The molecule has 0 saturated heterocycles. The first-order chi connectivity index (χ1) is 12.3. The second kappa shape index (κ2) is 8.97. The summed E-state index contributed by atoms with van der Waals surface area (Å²) in [6.07, 6.45) is 0.773. The van der Waals surface area contributed by atoms with Gasteiger partial charge in [-0.1, -0.05) is 27.5 Å². The van der Waals surface area contributed by atoms with Gasteiger partial charge >= 0.3 is 0 Å². The molecule has 0 aliphatic heterocycles. The molecule has 27 heavy (non-hydrogen) atoms. The first-order valence-corrected chi connectivity index (χ1v) is 11.0. The number of hydrogen-bond donors (Lipinski definition) is 1. The molecule has 1 N–H and O–H groups in total. The van der Waals surface area contributed by atoms with Crippen LogP contribution in [-0.2, 0) is 22.0 Å². The number of nitrogens with zero attached hydrogens (tertiary/aromatic N) is 1. The van der Waals surface area contributed by atoms with Gasteiger partial charge in [-0.15, -0.1) is 12.4 Å². The molecule has 0 fully saturated rings. The number of halogens is 3. The van der Waals surface area contributed by atoms with Gasteiger partial charge in [0.1, 0.15) is 0 Å². The molecule has 0 saturated carbocycles. The molecule has 1 aromatic heterocycles. The van der Waals surface area contributed by atoms with Crippen molar-refractivity contribution in [2.45, 2.75) is 17.1 Å². The van der Waals surface area contributed by atoms with Crippen molar-refractivity contribution in [1.82, 2.24) is 9.88 Å². The van der Waals surface area contributed by atoms with Gasteiger partial charge in [0.15, 0.2) is 9.84 Å². The zero-order valence-corrected chi connectivity index (χ0v) is 19.0. The van der Waals surface area contributed by atoms with E-state index in [0.717, 1.165) is 39.6 Å². The van der Waals surface area contributed by atoms with Crippen LogP contribution in [0.4, 0.5) is 0 Å². The second-order valence-corrected chi connectivity index (χ2v) is 9.88. The van der Waals surface area contributed by atoms with Crippen molar-refractivity contribution in [2.75, 3.05) is 20.6 Å². The molecule has 0 spiro atoms. The fourth-order valence-electron chi connectivity index (χ4n) is 2.94. The lowest BCUT2D eigenvalue weighted by Crippen LogP contribution is -2.16. The number of aromatic nitrogens is 1. The Labute approximate surface area is 179 Å². The third-order valence-corrected chi connectivity index (χ3v) is 6.68. The lowest BCUT2D eigenvalue weighted by Gasteiger charge is -2.11. The highest BCUT2D eigenvalue weighted by Crippen LogP contribution is 2.29. The molecule has 0 atom stereocenters. The van der Waals surface area contributed by atoms with E-state index in [-0.39, 0.29) is 23.1 Å². The highest BCUT2D eigenvalue weighted by Gasteiger charge is 2.21. The molecule has 0 unspecified atom stereocenters.